The fraction of sp³-hybridized carbons (Fsp3) is 0. The van der Waals surface area contributed by atoms with Crippen molar-refractivity contribution in [3.8, 4) is 5.75 Å². The van der Waals surface area contributed by atoms with E-state index in [-0.39, 0.29) is 32.0 Å². The standard InChI is InChI=1S/C13H14N4O5S3/c14-13(23)16-11-7-10(4-5-12(11)18)25(21,22)17-8-2-1-3-9(6-8)24(15,19)20/h1-7,17-18H,(H3,14,16,23)(H2,15,19,20). The SMILES string of the molecule is NC(=S)Nc1cc(S(=O)(=O)Nc2cccc(S(N)(=O)=O)c2)ccc1O. The lowest BCUT2D eigenvalue weighted by molar-refractivity contribution is 0.477. The molecule has 2 rings (SSSR count). The Morgan fingerprint density at radius 3 is 2.32 bits per heavy atom. The first kappa shape index (κ1) is 18.9. The number of aromatic hydroxyl groups is 1. The number of nitrogens with one attached hydrogen (secondary N) is 2. The van der Waals surface area contributed by atoms with E-state index in [9.17, 15) is 21.9 Å². The van der Waals surface area contributed by atoms with E-state index in [1.165, 1.54) is 18.2 Å². The van der Waals surface area contributed by atoms with Crippen LogP contribution < -0.4 is 20.9 Å². The topological polar surface area (TPSA) is 165 Å². The maximum atomic E-state index is 12.4. The molecule has 7 N–H and O–H groups in total. The number of hydrogen-bond donors (Lipinski definition) is 5. The third kappa shape index (κ3) is 4.79. The van der Waals surface area contributed by atoms with Gasteiger partial charge in [-0.1, -0.05) is 6.07 Å². The summed E-state index contributed by atoms with van der Waals surface area (Å²) < 4.78 is 49.8. The van der Waals surface area contributed by atoms with Crippen LogP contribution in [0.2, 0.25) is 0 Å². The summed E-state index contributed by atoms with van der Waals surface area (Å²) in [6.45, 7) is 0. The molecule has 0 fully saturated rings. The molecule has 0 saturated carbocycles. The zero-order valence-electron chi connectivity index (χ0n) is 12.5. The van der Waals surface area contributed by atoms with Crippen LogP contribution in [0.4, 0.5) is 11.4 Å². The second kappa shape index (κ2) is 6.84. The maximum Gasteiger partial charge on any atom is 0.261 e. The molecule has 0 heterocycles. The molecule has 0 aromatic heterocycles. The third-order valence-electron chi connectivity index (χ3n) is 2.95. The van der Waals surface area contributed by atoms with Crippen LogP contribution in [0.5, 0.6) is 5.75 Å². The third-order valence-corrected chi connectivity index (χ3v) is 5.34. The summed E-state index contributed by atoms with van der Waals surface area (Å²) >= 11 is 4.65. The van der Waals surface area contributed by atoms with Gasteiger partial charge >= 0.3 is 0 Å². The monoisotopic (exact) mass is 402 g/mol. The van der Waals surface area contributed by atoms with Crippen molar-refractivity contribution in [2.24, 2.45) is 10.9 Å². The van der Waals surface area contributed by atoms with Crippen LogP contribution in [0.3, 0.4) is 0 Å². The van der Waals surface area contributed by atoms with Gasteiger partial charge in [0.1, 0.15) is 5.75 Å². The molecule has 0 aliphatic carbocycles. The minimum absolute atomic E-state index is 0.00320. The smallest absolute Gasteiger partial charge is 0.261 e. The molecule has 0 radical (unpaired) electrons. The molecule has 0 atom stereocenters. The van der Waals surface area contributed by atoms with E-state index in [4.69, 9.17) is 10.9 Å². The lowest BCUT2D eigenvalue weighted by Crippen LogP contribution is -2.20. The molecule has 12 heteroatoms. The summed E-state index contributed by atoms with van der Waals surface area (Å²) in [5.74, 6) is -0.247. The molecular formula is C13H14N4O5S3. The molecule has 2 aromatic rings. The van der Waals surface area contributed by atoms with E-state index in [0.717, 1.165) is 24.3 Å². The van der Waals surface area contributed by atoms with Crippen LogP contribution in [0.25, 0.3) is 0 Å². The molecule has 0 bridgehead atoms. The number of anilines is 2. The van der Waals surface area contributed by atoms with Crippen molar-refractivity contribution >= 4 is 48.8 Å². The van der Waals surface area contributed by atoms with Crippen LogP contribution in [-0.4, -0.2) is 27.1 Å². The largest absolute Gasteiger partial charge is 0.506 e. The second-order valence-electron chi connectivity index (χ2n) is 4.85. The summed E-state index contributed by atoms with van der Waals surface area (Å²) in [5, 5.41) is 17.0. The van der Waals surface area contributed by atoms with Gasteiger partial charge in [-0.05, 0) is 48.6 Å². The fourth-order valence-electron chi connectivity index (χ4n) is 1.87. The minimum atomic E-state index is -4.07. The van der Waals surface area contributed by atoms with Crippen LogP contribution in [-0.2, 0) is 20.0 Å². The van der Waals surface area contributed by atoms with Gasteiger partial charge in [0.25, 0.3) is 10.0 Å². The fourth-order valence-corrected chi connectivity index (χ4v) is 3.61. The number of phenols is 1. The molecule has 0 aliphatic rings. The van der Waals surface area contributed by atoms with E-state index < -0.39 is 20.0 Å². The van der Waals surface area contributed by atoms with Crippen molar-refractivity contribution in [1.82, 2.24) is 0 Å². The highest BCUT2D eigenvalue weighted by molar-refractivity contribution is 7.92. The Labute approximate surface area is 149 Å². The van der Waals surface area contributed by atoms with Gasteiger partial charge in [-0.25, -0.2) is 22.0 Å². The molecule has 0 unspecified atom stereocenters. The Kier molecular flexibility index (Phi) is 5.17. The van der Waals surface area contributed by atoms with Gasteiger partial charge < -0.3 is 16.2 Å². The number of primary sulfonamides is 1. The van der Waals surface area contributed by atoms with Crippen LogP contribution in [0, 0.1) is 0 Å². The highest BCUT2D eigenvalue weighted by Gasteiger charge is 2.18. The first-order chi connectivity index (χ1) is 11.5. The molecule has 0 spiro atoms. The Hall–Kier alpha value is -2.41. The van der Waals surface area contributed by atoms with Gasteiger partial charge in [0, 0.05) is 0 Å². The molecular weight excluding hydrogens is 388 g/mol. The molecule has 0 saturated heterocycles. The van der Waals surface area contributed by atoms with E-state index in [1.807, 2.05) is 0 Å². The molecule has 0 amide bonds. The van der Waals surface area contributed by atoms with Gasteiger partial charge in [0.05, 0.1) is 21.2 Å². The summed E-state index contributed by atoms with van der Waals surface area (Å²) in [7, 11) is -8.05. The lowest BCUT2D eigenvalue weighted by Gasteiger charge is -2.12. The Balaban J connectivity index is 2.39. The second-order valence-corrected chi connectivity index (χ2v) is 8.53. The van der Waals surface area contributed by atoms with Crippen molar-refractivity contribution < 1.29 is 21.9 Å². The number of phenolic OH excluding ortho intramolecular Hbond substituents is 1. The first-order valence-corrected chi connectivity index (χ1v) is 9.98. The van der Waals surface area contributed by atoms with Crippen molar-refractivity contribution in [2.45, 2.75) is 9.79 Å². The normalized spacial score (nSPS) is 11.7. The summed E-state index contributed by atoms with van der Waals surface area (Å²) in [5.41, 5.74) is 5.32. The predicted octanol–water partition coefficient (Wildman–Crippen LogP) is 0.496. The van der Waals surface area contributed by atoms with Crippen molar-refractivity contribution in [2.75, 3.05) is 10.0 Å². The number of thiocarbonyl (C=S) groups is 1. The van der Waals surface area contributed by atoms with Crippen LogP contribution in [0.1, 0.15) is 0 Å². The van der Waals surface area contributed by atoms with Crippen LogP contribution >= 0.6 is 12.2 Å². The number of sulfonamides is 2. The van der Waals surface area contributed by atoms with E-state index in [1.54, 1.807) is 0 Å². The van der Waals surface area contributed by atoms with Crippen molar-refractivity contribution in [1.29, 1.82) is 0 Å². The summed E-state index contributed by atoms with van der Waals surface area (Å²) in [4.78, 5) is -0.445. The summed E-state index contributed by atoms with van der Waals surface area (Å²) in [6.07, 6.45) is 0. The minimum Gasteiger partial charge on any atom is -0.506 e. The van der Waals surface area contributed by atoms with E-state index in [0.29, 0.717) is 0 Å². The van der Waals surface area contributed by atoms with Crippen molar-refractivity contribution in [3.05, 3.63) is 42.5 Å². The summed E-state index contributed by atoms with van der Waals surface area (Å²) in [6, 6.07) is 8.46. The maximum absolute atomic E-state index is 12.4. The number of rotatable bonds is 5. The average molecular weight is 402 g/mol. The van der Waals surface area contributed by atoms with Crippen LogP contribution in [0.15, 0.2) is 52.3 Å². The van der Waals surface area contributed by atoms with E-state index >= 15 is 0 Å². The van der Waals surface area contributed by atoms with E-state index in [2.05, 4.69) is 22.3 Å². The molecule has 9 nitrogen and oxygen atoms in total. The average Bonchev–Trinajstić information content (AvgIpc) is 2.48. The van der Waals surface area contributed by atoms with Gasteiger partial charge in [0.15, 0.2) is 5.11 Å². The number of benzene rings is 2. The molecule has 25 heavy (non-hydrogen) atoms. The Bertz CT molecular complexity index is 1040. The Morgan fingerprint density at radius 1 is 1.04 bits per heavy atom. The highest BCUT2D eigenvalue weighted by atomic mass is 32.2. The number of nitrogens with two attached hydrogens (primary N) is 2. The molecule has 0 aliphatic heterocycles. The highest BCUT2D eigenvalue weighted by Crippen LogP contribution is 2.27. The quantitative estimate of drug-likeness (QED) is 0.356. The van der Waals surface area contributed by atoms with Crippen molar-refractivity contribution in [3.63, 3.8) is 0 Å². The first-order valence-electron chi connectivity index (χ1n) is 6.54. The van der Waals surface area contributed by atoms with Gasteiger partial charge in [-0.3, -0.25) is 4.72 Å². The molecule has 134 valence electrons. The zero-order valence-corrected chi connectivity index (χ0v) is 15.0. The molecule has 2 aromatic carbocycles. The van der Waals surface area contributed by atoms with Gasteiger partial charge in [-0.15, -0.1) is 0 Å². The van der Waals surface area contributed by atoms with Gasteiger partial charge in [-0.2, -0.15) is 0 Å². The van der Waals surface area contributed by atoms with Gasteiger partial charge in [0.2, 0.25) is 10.0 Å². The number of hydrogen-bond acceptors (Lipinski definition) is 6. The Morgan fingerprint density at radius 2 is 1.72 bits per heavy atom. The zero-order chi connectivity index (χ0) is 18.8. The lowest BCUT2D eigenvalue weighted by atomic mass is 10.3. The predicted molar refractivity (Wildman–Crippen MR) is 97.1 cm³/mol.